The molecule has 2 unspecified atom stereocenters. The Hall–Kier alpha value is 0.270. The van der Waals surface area contributed by atoms with Gasteiger partial charge in [0.2, 0.25) is 0 Å². The van der Waals surface area contributed by atoms with Crippen LogP contribution in [-0.2, 0) is 0 Å². The second-order valence-electron chi connectivity index (χ2n) is 3.99. The van der Waals surface area contributed by atoms with Crippen molar-refractivity contribution in [2.24, 2.45) is 5.73 Å². The van der Waals surface area contributed by atoms with Gasteiger partial charge in [-0.2, -0.15) is 11.8 Å². The zero-order valence-corrected chi connectivity index (χ0v) is 9.41. The molecule has 0 aromatic carbocycles. The average Bonchev–Trinajstić information content (AvgIpc) is 2.14. The first-order valence-electron chi connectivity index (χ1n) is 5.36. The van der Waals surface area contributed by atoms with Crippen molar-refractivity contribution in [3.8, 4) is 0 Å². The molecule has 1 fully saturated rings. The summed E-state index contributed by atoms with van der Waals surface area (Å²) in [6, 6.07) is 1.14. The normalized spacial score (nSPS) is 25.8. The van der Waals surface area contributed by atoms with E-state index in [0.717, 1.165) is 11.8 Å². The van der Waals surface area contributed by atoms with Gasteiger partial charge in [-0.15, -0.1) is 0 Å². The highest BCUT2D eigenvalue weighted by Gasteiger charge is 2.11. The predicted octanol–water partition coefficient (Wildman–Crippen LogP) is 1.60. The molecule has 1 saturated heterocycles. The van der Waals surface area contributed by atoms with Crippen LogP contribution in [0.25, 0.3) is 0 Å². The fourth-order valence-corrected chi connectivity index (χ4v) is 2.65. The third kappa shape index (κ3) is 5.55. The Balaban J connectivity index is 1.92. The predicted molar refractivity (Wildman–Crippen MR) is 61.2 cm³/mol. The average molecular weight is 202 g/mol. The van der Waals surface area contributed by atoms with Gasteiger partial charge in [-0.3, -0.25) is 0 Å². The zero-order valence-electron chi connectivity index (χ0n) is 8.59. The van der Waals surface area contributed by atoms with E-state index in [-0.39, 0.29) is 0 Å². The monoisotopic (exact) mass is 202 g/mol. The van der Waals surface area contributed by atoms with Crippen LogP contribution in [0, 0.1) is 0 Å². The lowest BCUT2D eigenvalue weighted by Gasteiger charge is -2.23. The highest BCUT2D eigenvalue weighted by molar-refractivity contribution is 7.99. The largest absolute Gasteiger partial charge is 0.327 e. The Morgan fingerprint density at radius 2 is 2.38 bits per heavy atom. The molecular weight excluding hydrogens is 180 g/mol. The molecular formula is C10H22N2S. The highest BCUT2D eigenvalue weighted by atomic mass is 32.2. The second kappa shape index (κ2) is 6.68. The van der Waals surface area contributed by atoms with Crippen LogP contribution in [-0.4, -0.2) is 30.1 Å². The molecule has 78 valence electrons. The minimum Gasteiger partial charge on any atom is -0.327 e. The van der Waals surface area contributed by atoms with Gasteiger partial charge in [0.05, 0.1) is 0 Å². The Morgan fingerprint density at radius 1 is 1.54 bits per heavy atom. The second-order valence-corrected chi connectivity index (χ2v) is 5.14. The number of piperidine rings is 1. The number of nitrogens with two attached hydrogens (primary N) is 1. The number of hydrogen-bond donors (Lipinski definition) is 2. The third-order valence-corrected chi connectivity index (χ3v) is 3.69. The van der Waals surface area contributed by atoms with Gasteiger partial charge in [0, 0.05) is 17.8 Å². The molecule has 2 nitrogen and oxygen atoms in total. The van der Waals surface area contributed by atoms with Crippen LogP contribution < -0.4 is 11.1 Å². The Labute approximate surface area is 86.0 Å². The maximum Gasteiger partial charge on any atom is 0.0101 e. The van der Waals surface area contributed by atoms with Crippen LogP contribution in [0.1, 0.15) is 32.6 Å². The standard InChI is InChI=1S/C10H22N2S/c1-9(11)8-13-7-5-10-4-2-3-6-12-10/h9-10,12H,2-8,11H2,1H3. The van der Waals surface area contributed by atoms with Crippen molar-refractivity contribution >= 4 is 11.8 Å². The van der Waals surface area contributed by atoms with Crippen LogP contribution in [0.15, 0.2) is 0 Å². The van der Waals surface area contributed by atoms with Gasteiger partial charge < -0.3 is 11.1 Å². The van der Waals surface area contributed by atoms with Crippen molar-refractivity contribution in [1.29, 1.82) is 0 Å². The number of nitrogens with one attached hydrogen (secondary N) is 1. The van der Waals surface area contributed by atoms with Crippen LogP contribution in [0.3, 0.4) is 0 Å². The fraction of sp³-hybridized carbons (Fsp3) is 1.00. The van der Waals surface area contributed by atoms with Crippen molar-refractivity contribution < 1.29 is 0 Å². The summed E-state index contributed by atoms with van der Waals surface area (Å²) < 4.78 is 0. The van der Waals surface area contributed by atoms with Gasteiger partial charge in [0.1, 0.15) is 0 Å². The summed E-state index contributed by atoms with van der Waals surface area (Å²) in [6.45, 7) is 3.30. The van der Waals surface area contributed by atoms with E-state index < -0.39 is 0 Å². The smallest absolute Gasteiger partial charge is 0.0101 e. The summed E-state index contributed by atoms with van der Waals surface area (Å²) >= 11 is 1.99. The molecule has 13 heavy (non-hydrogen) atoms. The summed E-state index contributed by atoms with van der Waals surface area (Å²) in [5, 5.41) is 3.56. The molecule has 0 aliphatic carbocycles. The summed E-state index contributed by atoms with van der Waals surface area (Å²) in [5.74, 6) is 2.37. The molecule has 0 spiro atoms. The van der Waals surface area contributed by atoms with Crippen molar-refractivity contribution in [1.82, 2.24) is 5.32 Å². The van der Waals surface area contributed by atoms with Crippen molar-refractivity contribution in [3.63, 3.8) is 0 Å². The van der Waals surface area contributed by atoms with Crippen molar-refractivity contribution in [3.05, 3.63) is 0 Å². The Morgan fingerprint density at radius 3 is 3.00 bits per heavy atom. The van der Waals surface area contributed by atoms with Crippen LogP contribution in [0.4, 0.5) is 0 Å². The first kappa shape index (κ1) is 11.3. The summed E-state index contributed by atoms with van der Waals surface area (Å²) in [7, 11) is 0. The minimum atomic E-state index is 0.351. The fourth-order valence-electron chi connectivity index (χ4n) is 1.67. The van der Waals surface area contributed by atoms with E-state index in [9.17, 15) is 0 Å². The van der Waals surface area contributed by atoms with Crippen LogP contribution in [0.2, 0.25) is 0 Å². The summed E-state index contributed by atoms with van der Waals surface area (Å²) in [4.78, 5) is 0. The molecule has 1 aliphatic rings. The molecule has 1 rings (SSSR count). The number of hydrogen-bond acceptors (Lipinski definition) is 3. The minimum absolute atomic E-state index is 0.351. The molecule has 1 heterocycles. The van der Waals surface area contributed by atoms with E-state index in [2.05, 4.69) is 12.2 Å². The molecule has 0 aromatic heterocycles. The third-order valence-electron chi connectivity index (χ3n) is 2.40. The van der Waals surface area contributed by atoms with E-state index in [4.69, 9.17) is 5.73 Å². The quantitative estimate of drug-likeness (QED) is 0.665. The van der Waals surface area contributed by atoms with Gasteiger partial charge in [0.25, 0.3) is 0 Å². The van der Waals surface area contributed by atoms with Crippen molar-refractivity contribution in [2.45, 2.75) is 44.7 Å². The number of thioether (sulfide) groups is 1. The van der Waals surface area contributed by atoms with E-state index >= 15 is 0 Å². The number of rotatable bonds is 5. The topological polar surface area (TPSA) is 38.0 Å². The first-order chi connectivity index (χ1) is 6.29. The highest BCUT2D eigenvalue weighted by Crippen LogP contribution is 2.13. The lowest BCUT2D eigenvalue weighted by Crippen LogP contribution is -2.34. The van der Waals surface area contributed by atoms with E-state index in [1.54, 1.807) is 0 Å². The van der Waals surface area contributed by atoms with Crippen LogP contribution >= 0.6 is 11.8 Å². The molecule has 3 heteroatoms. The van der Waals surface area contributed by atoms with Gasteiger partial charge in [-0.25, -0.2) is 0 Å². The van der Waals surface area contributed by atoms with Gasteiger partial charge in [0.15, 0.2) is 0 Å². The zero-order chi connectivity index (χ0) is 9.52. The van der Waals surface area contributed by atoms with Gasteiger partial charge in [-0.1, -0.05) is 6.42 Å². The summed E-state index contributed by atoms with van der Waals surface area (Å²) in [5.41, 5.74) is 5.68. The molecule has 0 radical (unpaired) electrons. The Bertz CT molecular complexity index is 122. The molecule has 0 saturated carbocycles. The van der Waals surface area contributed by atoms with Gasteiger partial charge >= 0.3 is 0 Å². The van der Waals surface area contributed by atoms with Crippen molar-refractivity contribution in [2.75, 3.05) is 18.1 Å². The van der Waals surface area contributed by atoms with E-state index in [0.29, 0.717) is 6.04 Å². The lowest BCUT2D eigenvalue weighted by atomic mass is 10.0. The molecule has 0 bridgehead atoms. The van der Waals surface area contributed by atoms with E-state index in [1.165, 1.54) is 38.0 Å². The van der Waals surface area contributed by atoms with E-state index in [1.807, 2.05) is 11.8 Å². The molecule has 3 N–H and O–H groups in total. The van der Waals surface area contributed by atoms with Crippen LogP contribution in [0.5, 0.6) is 0 Å². The maximum atomic E-state index is 5.68. The maximum absolute atomic E-state index is 5.68. The Kier molecular flexibility index (Phi) is 5.83. The molecule has 0 aromatic rings. The van der Waals surface area contributed by atoms with Gasteiger partial charge in [-0.05, 0) is 38.5 Å². The lowest BCUT2D eigenvalue weighted by molar-refractivity contribution is 0.394. The summed E-state index contributed by atoms with van der Waals surface area (Å²) in [6.07, 6.45) is 5.47. The SMILES string of the molecule is CC(N)CSCCC1CCCCN1. The first-order valence-corrected chi connectivity index (χ1v) is 6.51. The molecule has 1 aliphatic heterocycles. The molecule has 0 amide bonds. The molecule has 2 atom stereocenters.